The van der Waals surface area contributed by atoms with Crippen LogP contribution in [0.5, 0.6) is 5.75 Å². The van der Waals surface area contributed by atoms with Gasteiger partial charge in [-0.3, -0.25) is 9.29 Å². The van der Waals surface area contributed by atoms with E-state index in [9.17, 15) is 27.5 Å². The highest BCUT2D eigenvalue weighted by Gasteiger charge is 2.42. The number of halogens is 5. The first-order chi connectivity index (χ1) is 17.6. The molecule has 3 aromatic rings. The SMILES string of the molecule is C[C@@H]1Cc2c([nH]c3ccccc23)[C@@H](c2cc(OCCN(CCCF)C(=O)O)ccc2F)N1CC(F)(F)F. The second-order valence-corrected chi connectivity index (χ2v) is 9.15. The summed E-state index contributed by atoms with van der Waals surface area (Å²) in [5.74, 6) is -0.492. The van der Waals surface area contributed by atoms with Gasteiger partial charge in [-0.1, -0.05) is 18.2 Å². The number of rotatable bonds is 9. The molecule has 0 unspecified atom stereocenters. The molecule has 0 aliphatic carbocycles. The van der Waals surface area contributed by atoms with E-state index < -0.39 is 43.4 Å². The van der Waals surface area contributed by atoms with Crippen LogP contribution in [0.1, 0.15) is 36.2 Å². The topological polar surface area (TPSA) is 68.8 Å². The standard InChI is InChI=1S/C26H28F5N3O3/c1-16-13-19-18-5-2-3-6-22(18)32-23(19)24(34(16)15-26(29,30)31)20-14-17(7-8-21(20)28)37-12-11-33(25(35)36)10-4-9-27/h2-3,5-8,14,16,24,32H,4,9-13,15H2,1H3,(H,35,36)/t16-,24-/m1/s1. The number of amides is 1. The number of benzene rings is 2. The monoisotopic (exact) mass is 525 g/mol. The van der Waals surface area contributed by atoms with E-state index in [0.29, 0.717) is 12.1 Å². The van der Waals surface area contributed by atoms with Gasteiger partial charge in [0.05, 0.1) is 25.8 Å². The Labute approximate surface area is 210 Å². The molecule has 2 aromatic carbocycles. The zero-order chi connectivity index (χ0) is 26.7. The lowest BCUT2D eigenvalue weighted by atomic mass is 9.88. The van der Waals surface area contributed by atoms with E-state index in [1.807, 2.05) is 24.3 Å². The van der Waals surface area contributed by atoms with Crippen molar-refractivity contribution in [2.45, 2.75) is 38.0 Å². The van der Waals surface area contributed by atoms with Crippen LogP contribution in [0.2, 0.25) is 0 Å². The highest BCUT2D eigenvalue weighted by atomic mass is 19.4. The van der Waals surface area contributed by atoms with Gasteiger partial charge in [0.1, 0.15) is 18.2 Å². The first-order valence-electron chi connectivity index (χ1n) is 12.0. The quantitative estimate of drug-likeness (QED) is 0.340. The van der Waals surface area contributed by atoms with Crippen molar-refractivity contribution in [1.82, 2.24) is 14.8 Å². The lowest BCUT2D eigenvalue weighted by Crippen LogP contribution is -2.47. The van der Waals surface area contributed by atoms with Crippen molar-refractivity contribution in [2.75, 3.05) is 32.9 Å². The van der Waals surface area contributed by atoms with Gasteiger partial charge in [0, 0.05) is 34.7 Å². The molecule has 37 heavy (non-hydrogen) atoms. The van der Waals surface area contributed by atoms with Crippen molar-refractivity contribution in [3.05, 3.63) is 65.1 Å². The van der Waals surface area contributed by atoms with Crippen LogP contribution in [0.4, 0.5) is 26.7 Å². The van der Waals surface area contributed by atoms with Crippen LogP contribution in [0, 0.1) is 5.82 Å². The van der Waals surface area contributed by atoms with Crippen molar-refractivity contribution in [3.8, 4) is 5.75 Å². The summed E-state index contributed by atoms with van der Waals surface area (Å²) in [6.07, 6.45) is -5.30. The van der Waals surface area contributed by atoms with Crippen LogP contribution < -0.4 is 4.74 Å². The first kappa shape index (κ1) is 26.7. The van der Waals surface area contributed by atoms with E-state index in [1.165, 1.54) is 17.0 Å². The molecule has 0 spiro atoms. The third kappa shape index (κ3) is 5.98. The van der Waals surface area contributed by atoms with Gasteiger partial charge >= 0.3 is 12.3 Å². The number of hydrogen-bond acceptors (Lipinski definition) is 3. The minimum atomic E-state index is -4.50. The molecular weight excluding hydrogens is 497 g/mol. The molecule has 200 valence electrons. The number of H-pyrrole nitrogens is 1. The van der Waals surface area contributed by atoms with E-state index in [4.69, 9.17) is 4.74 Å². The van der Waals surface area contributed by atoms with Crippen LogP contribution in [0.25, 0.3) is 10.9 Å². The third-order valence-corrected chi connectivity index (χ3v) is 6.60. The Kier molecular flexibility index (Phi) is 7.91. The first-order valence-corrected chi connectivity index (χ1v) is 12.0. The number of para-hydroxylation sites is 1. The molecular formula is C26H28F5N3O3. The molecule has 4 rings (SSSR count). The Balaban J connectivity index is 1.68. The number of hydrogen-bond donors (Lipinski definition) is 2. The van der Waals surface area contributed by atoms with Gasteiger partial charge in [-0.2, -0.15) is 13.2 Å². The molecule has 0 fully saturated rings. The van der Waals surface area contributed by atoms with E-state index in [2.05, 4.69) is 4.98 Å². The summed E-state index contributed by atoms with van der Waals surface area (Å²) in [5, 5.41) is 10.1. The number of nitrogens with one attached hydrogen (secondary N) is 1. The van der Waals surface area contributed by atoms with Gasteiger partial charge in [-0.05, 0) is 49.6 Å². The van der Waals surface area contributed by atoms with Crippen molar-refractivity contribution >= 4 is 17.0 Å². The van der Waals surface area contributed by atoms with E-state index in [0.717, 1.165) is 27.4 Å². The average molecular weight is 526 g/mol. The zero-order valence-electron chi connectivity index (χ0n) is 20.2. The zero-order valence-corrected chi connectivity index (χ0v) is 20.2. The number of nitrogens with zero attached hydrogens (tertiary/aromatic N) is 2. The summed E-state index contributed by atoms with van der Waals surface area (Å²) >= 11 is 0. The molecule has 1 amide bonds. The van der Waals surface area contributed by atoms with E-state index in [-0.39, 0.29) is 37.4 Å². The summed E-state index contributed by atoms with van der Waals surface area (Å²) in [5.41, 5.74) is 2.13. The summed E-state index contributed by atoms with van der Waals surface area (Å²) in [6, 6.07) is 9.66. The van der Waals surface area contributed by atoms with Gasteiger partial charge in [0.2, 0.25) is 0 Å². The number of ether oxygens (including phenoxy) is 1. The fourth-order valence-corrected chi connectivity index (χ4v) is 4.94. The van der Waals surface area contributed by atoms with Crippen molar-refractivity contribution in [3.63, 3.8) is 0 Å². The molecule has 0 bridgehead atoms. The molecule has 2 N–H and O–H groups in total. The van der Waals surface area contributed by atoms with Crippen LogP contribution in [-0.2, 0) is 6.42 Å². The number of carbonyl (C=O) groups is 1. The average Bonchev–Trinajstić information content (AvgIpc) is 3.20. The predicted molar refractivity (Wildman–Crippen MR) is 128 cm³/mol. The van der Waals surface area contributed by atoms with Gasteiger partial charge < -0.3 is 19.7 Å². The van der Waals surface area contributed by atoms with Crippen molar-refractivity contribution in [1.29, 1.82) is 0 Å². The Bertz CT molecular complexity index is 1250. The van der Waals surface area contributed by atoms with Gasteiger partial charge in [0.15, 0.2) is 0 Å². The predicted octanol–water partition coefficient (Wildman–Crippen LogP) is 5.92. The molecule has 0 saturated heterocycles. The fourth-order valence-electron chi connectivity index (χ4n) is 4.94. The normalized spacial score (nSPS) is 18.1. The largest absolute Gasteiger partial charge is 0.492 e. The van der Waals surface area contributed by atoms with Crippen molar-refractivity contribution in [2.24, 2.45) is 0 Å². The van der Waals surface area contributed by atoms with Crippen LogP contribution in [-0.4, -0.2) is 71.1 Å². The summed E-state index contributed by atoms with van der Waals surface area (Å²) in [7, 11) is 0. The number of alkyl halides is 4. The Morgan fingerprint density at radius 1 is 1.22 bits per heavy atom. The maximum Gasteiger partial charge on any atom is 0.407 e. The number of carboxylic acid groups (broad SMARTS) is 1. The number of fused-ring (bicyclic) bond motifs is 3. The van der Waals surface area contributed by atoms with Gasteiger partial charge in [0.25, 0.3) is 0 Å². The molecule has 2 atom stereocenters. The molecule has 1 aromatic heterocycles. The lowest BCUT2D eigenvalue weighted by Gasteiger charge is -2.41. The van der Waals surface area contributed by atoms with Crippen LogP contribution in [0.15, 0.2) is 42.5 Å². The highest BCUT2D eigenvalue weighted by molar-refractivity contribution is 5.85. The smallest absolute Gasteiger partial charge is 0.407 e. The molecule has 6 nitrogen and oxygen atoms in total. The van der Waals surface area contributed by atoms with Crippen LogP contribution >= 0.6 is 0 Å². The maximum atomic E-state index is 15.2. The molecule has 1 aliphatic heterocycles. The highest BCUT2D eigenvalue weighted by Crippen LogP contribution is 2.43. The minimum Gasteiger partial charge on any atom is -0.492 e. The second-order valence-electron chi connectivity index (χ2n) is 9.15. The molecule has 2 heterocycles. The maximum absolute atomic E-state index is 15.2. The summed E-state index contributed by atoms with van der Waals surface area (Å²) < 4.78 is 74.2. The second kappa shape index (κ2) is 11.0. The number of aromatic amines is 1. The van der Waals surface area contributed by atoms with E-state index in [1.54, 1.807) is 6.92 Å². The lowest BCUT2D eigenvalue weighted by molar-refractivity contribution is -0.155. The molecule has 0 radical (unpaired) electrons. The Morgan fingerprint density at radius 2 is 1.97 bits per heavy atom. The van der Waals surface area contributed by atoms with Gasteiger partial charge in [-0.25, -0.2) is 9.18 Å². The minimum absolute atomic E-state index is 0.000609. The third-order valence-electron chi connectivity index (χ3n) is 6.60. The molecule has 1 aliphatic rings. The fraction of sp³-hybridized carbons (Fsp3) is 0.423. The summed E-state index contributed by atoms with van der Waals surface area (Å²) in [6.45, 7) is -0.321. The summed E-state index contributed by atoms with van der Waals surface area (Å²) in [4.78, 5) is 16.8. The number of aromatic nitrogens is 1. The Morgan fingerprint density at radius 3 is 2.68 bits per heavy atom. The van der Waals surface area contributed by atoms with Crippen molar-refractivity contribution < 1.29 is 36.6 Å². The van der Waals surface area contributed by atoms with E-state index >= 15 is 4.39 Å². The Hall–Kier alpha value is -3.34. The van der Waals surface area contributed by atoms with Crippen LogP contribution in [0.3, 0.4) is 0 Å². The molecule has 11 heteroatoms. The molecule has 0 saturated carbocycles. The van der Waals surface area contributed by atoms with Gasteiger partial charge in [-0.15, -0.1) is 0 Å².